The lowest BCUT2D eigenvalue weighted by molar-refractivity contribution is 0.940. The number of H-pyrrole nitrogens is 1. The zero-order chi connectivity index (χ0) is 18.9. The Morgan fingerprint density at radius 2 is 1.76 bits per heavy atom. The molecule has 2 aliphatic rings. The number of para-hydroxylation sites is 2. The van der Waals surface area contributed by atoms with Crippen LogP contribution in [0.15, 0.2) is 54.6 Å². The topological polar surface area (TPSA) is 38.0 Å². The van der Waals surface area contributed by atoms with Crippen molar-refractivity contribution in [2.75, 3.05) is 0 Å². The highest BCUT2D eigenvalue weighted by Gasteiger charge is 2.21. The molecule has 0 atom stereocenters. The number of hydrogen-bond acceptors (Lipinski definition) is 1. The summed E-state index contributed by atoms with van der Waals surface area (Å²) in [5, 5.41) is 1.29. The van der Waals surface area contributed by atoms with E-state index in [9.17, 15) is 0 Å². The highest BCUT2D eigenvalue weighted by molar-refractivity contribution is 5.94. The molecule has 7 rings (SSSR count). The van der Waals surface area contributed by atoms with E-state index in [-0.39, 0.29) is 0 Å². The number of nitrogens with one attached hydrogen (secondary N) is 1. The number of aryl methyl sites for hydroxylation is 2. The molecule has 0 spiro atoms. The summed E-state index contributed by atoms with van der Waals surface area (Å²) < 4.78 is 4.63. The number of nitrogens with zero attached hydrogens (tertiary/aromatic N) is 3. The Labute approximate surface area is 167 Å². The van der Waals surface area contributed by atoms with Gasteiger partial charge >= 0.3 is 0 Å². The smallest absolute Gasteiger partial charge is 0.220 e. The van der Waals surface area contributed by atoms with Gasteiger partial charge in [0.2, 0.25) is 5.78 Å². The van der Waals surface area contributed by atoms with Crippen LogP contribution < -0.4 is 0 Å². The SMILES string of the molecule is C1=Cc2c(nc3n(-c4ccc5[nH]c6c(c5c4)C=CCC6)c4ccccc4n23)CC1. The number of aromatic nitrogens is 4. The Morgan fingerprint density at radius 1 is 0.897 bits per heavy atom. The third kappa shape index (κ3) is 2.01. The maximum Gasteiger partial charge on any atom is 0.220 e. The molecular formula is C25H20N4. The maximum atomic E-state index is 5.07. The number of rotatable bonds is 1. The number of benzene rings is 2. The van der Waals surface area contributed by atoms with Gasteiger partial charge in [0.25, 0.3) is 0 Å². The quantitative estimate of drug-likeness (QED) is 0.402. The zero-order valence-corrected chi connectivity index (χ0v) is 16.0. The molecule has 140 valence electrons. The third-order valence-electron chi connectivity index (χ3n) is 6.37. The van der Waals surface area contributed by atoms with Crippen LogP contribution >= 0.6 is 0 Å². The second-order valence-corrected chi connectivity index (χ2v) is 8.03. The molecule has 0 unspecified atom stereocenters. The lowest BCUT2D eigenvalue weighted by atomic mass is 10.0. The first-order chi connectivity index (χ1) is 14.4. The van der Waals surface area contributed by atoms with Crippen molar-refractivity contribution in [1.29, 1.82) is 0 Å². The van der Waals surface area contributed by atoms with Crippen LogP contribution in [0.5, 0.6) is 0 Å². The summed E-state index contributed by atoms with van der Waals surface area (Å²) in [7, 11) is 0. The normalized spacial score (nSPS) is 15.4. The van der Waals surface area contributed by atoms with E-state index >= 15 is 0 Å². The third-order valence-corrected chi connectivity index (χ3v) is 6.37. The molecule has 2 aromatic carbocycles. The van der Waals surface area contributed by atoms with Gasteiger partial charge in [-0.15, -0.1) is 0 Å². The molecule has 0 saturated heterocycles. The van der Waals surface area contributed by atoms with Crippen molar-refractivity contribution in [2.24, 2.45) is 0 Å². The average Bonchev–Trinajstić information content (AvgIpc) is 3.41. The number of allylic oxidation sites excluding steroid dienone is 2. The van der Waals surface area contributed by atoms with Gasteiger partial charge in [0.1, 0.15) is 0 Å². The molecule has 29 heavy (non-hydrogen) atoms. The first-order valence-corrected chi connectivity index (χ1v) is 10.4. The molecule has 0 bridgehead atoms. The van der Waals surface area contributed by atoms with E-state index in [1.54, 1.807) is 0 Å². The Morgan fingerprint density at radius 3 is 2.72 bits per heavy atom. The van der Waals surface area contributed by atoms with Crippen LogP contribution in [0.4, 0.5) is 0 Å². The molecular weight excluding hydrogens is 356 g/mol. The predicted octanol–water partition coefficient (Wildman–Crippen LogP) is 5.68. The standard InChI is InChI=1S/C25H20N4/c1-2-8-19-17(7-1)18-15-16(13-14-20(18)26-19)28-23-11-5-6-12-24(23)29-22-10-4-3-9-21(22)27-25(28)29/h1,4-7,10-15,26H,2-3,8-9H2. The molecule has 1 N–H and O–H groups in total. The molecule has 3 aromatic heterocycles. The van der Waals surface area contributed by atoms with Gasteiger partial charge in [0.05, 0.1) is 22.4 Å². The van der Waals surface area contributed by atoms with E-state index in [4.69, 9.17) is 4.98 Å². The fourth-order valence-corrected chi connectivity index (χ4v) is 5.04. The number of aromatic amines is 1. The molecule has 4 heteroatoms. The van der Waals surface area contributed by atoms with Crippen LogP contribution in [0.1, 0.15) is 35.5 Å². The molecule has 0 fully saturated rings. The molecule has 0 aliphatic heterocycles. The van der Waals surface area contributed by atoms with Gasteiger partial charge in [-0.2, -0.15) is 0 Å². The highest BCUT2D eigenvalue weighted by atomic mass is 15.2. The lowest BCUT2D eigenvalue weighted by Gasteiger charge is -2.07. The maximum absolute atomic E-state index is 5.07. The molecule has 2 aliphatic carbocycles. The molecule has 3 heterocycles. The van der Waals surface area contributed by atoms with Gasteiger partial charge in [0, 0.05) is 27.8 Å². The molecule has 0 saturated carbocycles. The fourth-order valence-electron chi connectivity index (χ4n) is 5.04. The number of imidazole rings is 2. The highest BCUT2D eigenvalue weighted by Crippen LogP contribution is 2.33. The van der Waals surface area contributed by atoms with Crippen molar-refractivity contribution in [2.45, 2.75) is 25.7 Å². The van der Waals surface area contributed by atoms with Crippen molar-refractivity contribution in [3.8, 4) is 5.69 Å². The second kappa shape index (κ2) is 5.51. The summed E-state index contributed by atoms with van der Waals surface area (Å²) >= 11 is 0. The zero-order valence-electron chi connectivity index (χ0n) is 16.0. The van der Waals surface area contributed by atoms with E-state index in [0.29, 0.717) is 0 Å². The van der Waals surface area contributed by atoms with Crippen LogP contribution in [0.2, 0.25) is 0 Å². The Hall–Kier alpha value is -3.53. The summed E-state index contributed by atoms with van der Waals surface area (Å²) in [6.07, 6.45) is 13.3. The second-order valence-electron chi connectivity index (χ2n) is 8.03. The lowest BCUT2D eigenvalue weighted by Crippen LogP contribution is -1.96. The molecule has 4 nitrogen and oxygen atoms in total. The van der Waals surface area contributed by atoms with Crippen molar-refractivity contribution in [1.82, 2.24) is 18.9 Å². The molecule has 0 amide bonds. The van der Waals surface area contributed by atoms with Crippen LogP contribution in [-0.2, 0) is 12.8 Å². The van der Waals surface area contributed by atoms with E-state index in [1.807, 2.05) is 0 Å². The van der Waals surface area contributed by atoms with Gasteiger partial charge in [-0.05, 0) is 62.1 Å². The van der Waals surface area contributed by atoms with Crippen molar-refractivity contribution in [3.05, 3.63) is 77.3 Å². The van der Waals surface area contributed by atoms with Gasteiger partial charge in [-0.1, -0.05) is 30.4 Å². The first-order valence-electron chi connectivity index (χ1n) is 10.4. The van der Waals surface area contributed by atoms with E-state index in [0.717, 1.165) is 37.1 Å². The summed E-state index contributed by atoms with van der Waals surface area (Å²) in [6, 6.07) is 15.4. The van der Waals surface area contributed by atoms with Crippen molar-refractivity contribution < 1.29 is 0 Å². The van der Waals surface area contributed by atoms with E-state index in [2.05, 4.69) is 80.7 Å². The average molecular weight is 376 g/mol. The minimum Gasteiger partial charge on any atom is -0.358 e. The van der Waals surface area contributed by atoms with Gasteiger partial charge in [-0.25, -0.2) is 4.98 Å². The Balaban J connectivity index is 1.58. The summed E-state index contributed by atoms with van der Waals surface area (Å²) in [4.78, 5) is 8.69. The fraction of sp³-hybridized carbons (Fsp3) is 0.160. The largest absolute Gasteiger partial charge is 0.358 e. The van der Waals surface area contributed by atoms with E-state index < -0.39 is 0 Å². The predicted molar refractivity (Wildman–Crippen MR) is 119 cm³/mol. The van der Waals surface area contributed by atoms with Crippen LogP contribution in [-0.4, -0.2) is 18.9 Å². The first kappa shape index (κ1) is 15.4. The van der Waals surface area contributed by atoms with Crippen LogP contribution in [0.25, 0.3) is 45.6 Å². The molecule has 0 radical (unpaired) electrons. The number of fused-ring (bicyclic) bond motifs is 8. The minimum absolute atomic E-state index is 1.00. The minimum atomic E-state index is 1.00. The Bertz CT molecular complexity index is 1500. The molecule has 5 aromatic rings. The van der Waals surface area contributed by atoms with Crippen LogP contribution in [0, 0.1) is 0 Å². The van der Waals surface area contributed by atoms with Crippen molar-refractivity contribution >= 4 is 39.9 Å². The summed E-state index contributed by atoms with van der Waals surface area (Å²) in [6.45, 7) is 0. The monoisotopic (exact) mass is 376 g/mol. The van der Waals surface area contributed by atoms with Gasteiger partial charge in [-0.3, -0.25) is 8.97 Å². The van der Waals surface area contributed by atoms with Crippen molar-refractivity contribution in [3.63, 3.8) is 0 Å². The van der Waals surface area contributed by atoms with E-state index in [1.165, 1.54) is 44.6 Å². The summed E-state index contributed by atoms with van der Waals surface area (Å²) in [5.74, 6) is 1.00. The van der Waals surface area contributed by atoms with Gasteiger partial charge < -0.3 is 4.98 Å². The van der Waals surface area contributed by atoms with Gasteiger partial charge in [0.15, 0.2) is 0 Å². The number of hydrogen-bond donors (Lipinski definition) is 1. The van der Waals surface area contributed by atoms with Crippen LogP contribution in [0.3, 0.4) is 0 Å². The summed E-state index contributed by atoms with van der Waals surface area (Å²) in [5.41, 5.74) is 9.89. The Kier molecular flexibility index (Phi) is 2.92.